The topological polar surface area (TPSA) is 64.2 Å². The van der Waals surface area contributed by atoms with Crippen LogP contribution in [0, 0.1) is 0 Å². The molecule has 7 heteroatoms. The predicted molar refractivity (Wildman–Crippen MR) is 113 cm³/mol. The third-order valence-corrected chi connectivity index (χ3v) is 4.95. The number of rotatable bonds is 5. The number of pyridine rings is 1. The van der Waals surface area contributed by atoms with Gasteiger partial charge in [-0.2, -0.15) is 5.10 Å². The molecule has 4 aromatic rings. The molecule has 3 aromatic heterocycles. The minimum absolute atomic E-state index is 0.110. The summed E-state index contributed by atoms with van der Waals surface area (Å²) in [6.07, 6.45) is 3.29. The summed E-state index contributed by atoms with van der Waals surface area (Å²) < 4.78 is 7.33. The molecule has 3 heterocycles. The molecular formula is C22H21ClN4O2. The maximum Gasteiger partial charge on any atom is 0.254 e. The summed E-state index contributed by atoms with van der Waals surface area (Å²) in [5.41, 5.74) is 2.76. The van der Waals surface area contributed by atoms with E-state index in [2.05, 4.69) is 5.10 Å². The van der Waals surface area contributed by atoms with E-state index in [1.807, 2.05) is 48.9 Å². The summed E-state index contributed by atoms with van der Waals surface area (Å²) in [5, 5.41) is 5.82. The average Bonchev–Trinajstić information content (AvgIpc) is 3.36. The van der Waals surface area contributed by atoms with Crippen LogP contribution in [0.15, 0.2) is 59.3 Å². The third-order valence-electron chi connectivity index (χ3n) is 4.72. The number of furan rings is 1. The minimum atomic E-state index is -0.117. The van der Waals surface area contributed by atoms with E-state index in [9.17, 15) is 4.79 Å². The monoisotopic (exact) mass is 408 g/mol. The zero-order valence-corrected chi connectivity index (χ0v) is 17.2. The van der Waals surface area contributed by atoms with Crippen molar-refractivity contribution < 1.29 is 9.21 Å². The van der Waals surface area contributed by atoms with Crippen LogP contribution >= 0.6 is 11.6 Å². The Kier molecular flexibility index (Phi) is 5.11. The van der Waals surface area contributed by atoms with E-state index in [1.165, 1.54) is 0 Å². The number of benzene rings is 1. The zero-order valence-electron chi connectivity index (χ0n) is 16.5. The van der Waals surface area contributed by atoms with Gasteiger partial charge in [0, 0.05) is 24.7 Å². The molecule has 1 amide bonds. The van der Waals surface area contributed by atoms with Gasteiger partial charge in [-0.05, 0) is 49.7 Å². The lowest BCUT2D eigenvalue weighted by Gasteiger charge is -2.18. The first kappa shape index (κ1) is 19.2. The predicted octanol–water partition coefficient (Wildman–Crippen LogP) is 5.20. The summed E-state index contributed by atoms with van der Waals surface area (Å²) in [5.74, 6) is 0.489. The van der Waals surface area contributed by atoms with Gasteiger partial charge in [-0.15, -0.1) is 0 Å². The molecule has 0 bridgehead atoms. The Balaban J connectivity index is 1.78. The highest BCUT2D eigenvalue weighted by Gasteiger charge is 2.21. The van der Waals surface area contributed by atoms with Gasteiger partial charge in [0.15, 0.2) is 11.4 Å². The van der Waals surface area contributed by atoms with Crippen molar-refractivity contribution in [2.45, 2.75) is 26.4 Å². The highest BCUT2D eigenvalue weighted by molar-refractivity contribution is 6.30. The standard InChI is InChI=1S/C22H21ClN4O2/c1-14(2)27-21-18(12-24-27)17(11-19(25-21)20-8-5-9-29-20)22(28)26(3)13-15-6-4-7-16(23)10-15/h4-12,14H,13H2,1-3H3. The third kappa shape index (κ3) is 3.76. The number of halogens is 1. The first-order valence-electron chi connectivity index (χ1n) is 9.36. The molecule has 0 aliphatic carbocycles. The van der Waals surface area contributed by atoms with Crippen LogP contribution in [0.5, 0.6) is 0 Å². The lowest BCUT2D eigenvalue weighted by Crippen LogP contribution is -2.26. The van der Waals surface area contributed by atoms with Crippen LogP contribution in [0.1, 0.15) is 35.8 Å². The van der Waals surface area contributed by atoms with Crippen molar-refractivity contribution in [2.75, 3.05) is 7.05 Å². The van der Waals surface area contributed by atoms with Gasteiger partial charge < -0.3 is 9.32 Å². The lowest BCUT2D eigenvalue weighted by molar-refractivity contribution is 0.0787. The highest BCUT2D eigenvalue weighted by atomic mass is 35.5. The van der Waals surface area contributed by atoms with Gasteiger partial charge in [0.05, 0.1) is 23.4 Å². The van der Waals surface area contributed by atoms with E-state index in [0.717, 1.165) is 10.9 Å². The maximum absolute atomic E-state index is 13.3. The van der Waals surface area contributed by atoms with E-state index >= 15 is 0 Å². The Morgan fingerprint density at radius 1 is 1.24 bits per heavy atom. The lowest BCUT2D eigenvalue weighted by atomic mass is 10.1. The second-order valence-corrected chi connectivity index (χ2v) is 7.68. The summed E-state index contributed by atoms with van der Waals surface area (Å²) in [4.78, 5) is 19.7. The fourth-order valence-electron chi connectivity index (χ4n) is 3.31. The fraction of sp³-hybridized carbons (Fsp3) is 0.227. The molecule has 0 unspecified atom stereocenters. The number of fused-ring (bicyclic) bond motifs is 1. The quantitative estimate of drug-likeness (QED) is 0.455. The molecule has 0 fully saturated rings. The van der Waals surface area contributed by atoms with Gasteiger partial charge in [-0.1, -0.05) is 23.7 Å². The Morgan fingerprint density at radius 2 is 2.07 bits per heavy atom. The van der Waals surface area contributed by atoms with Crippen molar-refractivity contribution in [1.82, 2.24) is 19.7 Å². The highest BCUT2D eigenvalue weighted by Crippen LogP contribution is 2.27. The van der Waals surface area contributed by atoms with Crippen molar-refractivity contribution in [1.29, 1.82) is 0 Å². The van der Waals surface area contributed by atoms with Gasteiger partial charge in [-0.25, -0.2) is 9.67 Å². The Hall–Kier alpha value is -3.12. The number of hydrogen-bond donors (Lipinski definition) is 0. The van der Waals surface area contributed by atoms with Crippen molar-refractivity contribution >= 4 is 28.5 Å². The SMILES string of the molecule is CC(C)n1ncc2c(C(=O)N(C)Cc3cccc(Cl)c3)cc(-c3ccco3)nc21. The normalized spacial score (nSPS) is 11.3. The van der Waals surface area contributed by atoms with Crippen molar-refractivity contribution in [3.63, 3.8) is 0 Å². The first-order chi connectivity index (χ1) is 13.9. The van der Waals surface area contributed by atoms with Gasteiger partial charge in [0.1, 0.15) is 5.69 Å². The Bertz CT molecular complexity index is 1170. The molecule has 0 saturated heterocycles. The average molecular weight is 409 g/mol. The van der Waals surface area contributed by atoms with Gasteiger partial charge >= 0.3 is 0 Å². The van der Waals surface area contributed by atoms with Gasteiger partial charge in [-0.3, -0.25) is 4.79 Å². The van der Waals surface area contributed by atoms with Crippen LogP contribution < -0.4 is 0 Å². The van der Waals surface area contributed by atoms with Crippen LogP contribution in [0.25, 0.3) is 22.5 Å². The molecule has 1 aromatic carbocycles. The Labute approximate surface area is 173 Å². The van der Waals surface area contributed by atoms with Gasteiger partial charge in [0.2, 0.25) is 0 Å². The number of carbonyl (C=O) groups is 1. The van der Waals surface area contributed by atoms with Crippen LogP contribution in [0.3, 0.4) is 0 Å². The molecule has 0 N–H and O–H groups in total. The molecular weight excluding hydrogens is 388 g/mol. The van der Waals surface area contributed by atoms with Crippen molar-refractivity contribution in [2.24, 2.45) is 0 Å². The molecule has 0 aliphatic rings. The Morgan fingerprint density at radius 3 is 2.76 bits per heavy atom. The maximum atomic E-state index is 13.3. The second-order valence-electron chi connectivity index (χ2n) is 7.24. The molecule has 29 heavy (non-hydrogen) atoms. The van der Waals surface area contributed by atoms with Crippen LogP contribution in [-0.4, -0.2) is 32.6 Å². The molecule has 4 rings (SSSR count). The summed E-state index contributed by atoms with van der Waals surface area (Å²) in [6, 6.07) is 13.0. The van der Waals surface area contributed by atoms with Crippen LogP contribution in [-0.2, 0) is 6.54 Å². The minimum Gasteiger partial charge on any atom is -0.463 e. The summed E-state index contributed by atoms with van der Waals surface area (Å²) >= 11 is 6.08. The van der Waals surface area contributed by atoms with Crippen LogP contribution in [0.4, 0.5) is 0 Å². The number of nitrogens with zero attached hydrogens (tertiary/aromatic N) is 4. The van der Waals surface area contributed by atoms with E-state index < -0.39 is 0 Å². The molecule has 0 saturated carbocycles. The largest absolute Gasteiger partial charge is 0.463 e. The molecule has 148 valence electrons. The van der Waals surface area contributed by atoms with E-state index in [-0.39, 0.29) is 11.9 Å². The molecule has 6 nitrogen and oxygen atoms in total. The van der Waals surface area contributed by atoms with Crippen molar-refractivity contribution in [3.8, 4) is 11.5 Å². The molecule has 0 radical (unpaired) electrons. The smallest absolute Gasteiger partial charge is 0.254 e. The van der Waals surface area contributed by atoms with Crippen LogP contribution in [0.2, 0.25) is 5.02 Å². The number of aromatic nitrogens is 3. The van der Waals surface area contributed by atoms with E-state index in [0.29, 0.717) is 34.2 Å². The van der Waals surface area contributed by atoms with Gasteiger partial charge in [0.25, 0.3) is 5.91 Å². The van der Waals surface area contributed by atoms with E-state index in [1.54, 1.807) is 36.5 Å². The molecule has 0 spiro atoms. The molecule has 0 atom stereocenters. The number of hydrogen-bond acceptors (Lipinski definition) is 4. The van der Waals surface area contributed by atoms with E-state index in [4.69, 9.17) is 21.0 Å². The molecule has 0 aliphatic heterocycles. The second kappa shape index (κ2) is 7.72. The zero-order chi connectivity index (χ0) is 20.5. The first-order valence-corrected chi connectivity index (χ1v) is 9.74. The number of carbonyl (C=O) groups excluding carboxylic acids is 1. The van der Waals surface area contributed by atoms with Crippen molar-refractivity contribution in [3.05, 3.63) is 71.1 Å². The summed E-state index contributed by atoms with van der Waals surface area (Å²) in [6.45, 7) is 4.50. The fourth-order valence-corrected chi connectivity index (χ4v) is 3.52. The summed E-state index contributed by atoms with van der Waals surface area (Å²) in [7, 11) is 1.77. The number of amides is 1.